The van der Waals surface area contributed by atoms with Gasteiger partial charge in [-0.05, 0) is 93.3 Å². The molecule has 0 unspecified atom stereocenters. The smallest absolute Gasteiger partial charge is 0.316 e. The van der Waals surface area contributed by atoms with E-state index < -0.39 is 54.4 Å². The van der Waals surface area contributed by atoms with Crippen LogP contribution in [0.4, 0.5) is 40.6 Å². The molecule has 20 nitrogen and oxygen atoms in total. The Bertz CT molecular complexity index is 3360. The molecule has 4 fully saturated rings. The average Bonchev–Trinajstić information content (AvgIpc) is 4.13. The van der Waals surface area contributed by atoms with Gasteiger partial charge in [0.25, 0.3) is 0 Å². The highest BCUT2D eigenvalue weighted by atomic mass is 32.2. The van der Waals surface area contributed by atoms with Gasteiger partial charge in [0.1, 0.15) is 46.3 Å². The van der Waals surface area contributed by atoms with Crippen LogP contribution < -0.4 is 41.9 Å². The summed E-state index contributed by atoms with van der Waals surface area (Å²) >= 11 is 0. The van der Waals surface area contributed by atoms with Crippen molar-refractivity contribution in [3.63, 3.8) is 0 Å². The van der Waals surface area contributed by atoms with Gasteiger partial charge in [-0.2, -0.15) is 28.2 Å². The van der Waals surface area contributed by atoms with Gasteiger partial charge in [-0.1, -0.05) is 12.1 Å². The Hall–Kier alpha value is -7.16. The molecule has 2 saturated heterocycles. The number of pyridine rings is 2. The van der Waals surface area contributed by atoms with E-state index in [9.17, 15) is 44.0 Å². The molecule has 0 spiro atoms. The number of sulfonamides is 2. The van der Waals surface area contributed by atoms with E-state index in [2.05, 4.69) is 20.2 Å². The van der Waals surface area contributed by atoms with Crippen molar-refractivity contribution in [1.82, 2.24) is 38.1 Å². The van der Waals surface area contributed by atoms with Gasteiger partial charge in [0.15, 0.2) is 0 Å². The Labute approximate surface area is 435 Å². The topological polar surface area (TPSA) is 247 Å². The normalized spacial score (nSPS) is 17.2. The molecule has 76 heavy (non-hydrogen) atoms. The van der Waals surface area contributed by atoms with Crippen molar-refractivity contribution in [2.24, 2.45) is 0 Å². The maximum Gasteiger partial charge on any atom is 0.316 e. The number of anilines is 4. The average molecular weight is 1090 g/mol. The summed E-state index contributed by atoms with van der Waals surface area (Å²) < 4.78 is 124. The molecule has 0 atom stereocenters. The monoisotopic (exact) mass is 1090 g/mol. The Morgan fingerprint density at radius 2 is 0.987 bits per heavy atom. The Kier molecular flexibility index (Phi) is 16.2. The van der Waals surface area contributed by atoms with Crippen LogP contribution in [0.3, 0.4) is 0 Å². The van der Waals surface area contributed by atoms with Crippen LogP contribution in [0.2, 0.25) is 0 Å². The number of piperazine rings is 2. The first kappa shape index (κ1) is 53.7. The maximum atomic E-state index is 13.8. The van der Waals surface area contributed by atoms with Crippen molar-refractivity contribution < 1.29 is 43.9 Å². The zero-order valence-corrected chi connectivity index (χ0v) is 42.8. The lowest BCUT2D eigenvalue weighted by Gasteiger charge is -2.36. The standard InChI is InChI=1S/2C25H28F2N6O4S/c26-18-12-19(27)14-20(13-18)33-25(34)23(37-21-5-1-2-6-21)22(15-30-33)31-8-10-32(11-9-31)38(35,36)16-17-4-3-7-29-24(17)28;26-18-11-19(27)13-20(12-18)33-25(34)24(37-21-3-1-2-4-21)22(15-30-33)31-7-9-32(10-8-31)38(35,36)16-17-5-6-23(28)29-14-17/h3-4,7,12-15,21H,1-2,5-6,8-11,16H2,(H2,28,29);5-6,11-15,21H,1-4,7-10,16H2,(H2,28,29). The molecule has 6 aromatic rings. The van der Waals surface area contributed by atoms with Crippen molar-refractivity contribution in [2.45, 2.75) is 75.1 Å². The highest BCUT2D eigenvalue weighted by Gasteiger charge is 2.33. The summed E-state index contributed by atoms with van der Waals surface area (Å²) in [5.41, 5.74) is 11.9. The van der Waals surface area contributed by atoms with Crippen molar-refractivity contribution in [1.29, 1.82) is 0 Å². The highest BCUT2D eigenvalue weighted by Crippen LogP contribution is 2.33. The lowest BCUT2D eigenvalue weighted by atomic mass is 10.2. The number of halogens is 4. The van der Waals surface area contributed by atoms with Gasteiger partial charge in [0.05, 0.1) is 47.5 Å². The van der Waals surface area contributed by atoms with Gasteiger partial charge in [0, 0.05) is 82.4 Å². The van der Waals surface area contributed by atoms with E-state index in [1.165, 1.54) is 33.4 Å². The van der Waals surface area contributed by atoms with E-state index in [-0.39, 0.29) is 78.6 Å². The van der Waals surface area contributed by atoms with Crippen molar-refractivity contribution in [3.8, 4) is 22.9 Å². The number of hydrogen-bond acceptors (Lipinski definition) is 16. The fraction of sp³-hybridized carbons (Fsp3) is 0.400. The Balaban J connectivity index is 0.000000186. The minimum absolute atomic E-state index is 0.0380. The quantitative estimate of drug-likeness (QED) is 0.137. The number of ether oxygens (including phenoxy) is 2. The largest absolute Gasteiger partial charge is 0.483 e. The molecule has 0 amide bonds. The third-order valence-corrected chi connectivity index (χ3v) is 17.3. The molecule has 2 aromatic carbocycles. The van der Waals surface area contributed by atoms with E-state index >= 15 is 0 Å². The van der Waals surface area contributed by atoms with E-state index in [1.54, 1.807) is 24.3 Å². The van der Waals surface area contributed by atoms with Crippen molar-refractivity contribution in [2.75, 3.05) is 73.6 Å². The van der Waals surface area contributed by atoms with Crippen LogP contribution in [0.1, 0.15) is 62.5 Å². The minimum Gasteiger partial charge on any atom is -0.483 e. The van der Waals surface area contributed by atoms with E-state index in [0.29, 0.717) is 54.5 Å². The van der Waals surface area contributed by atoms with Gasteiger partial charge in [-0.3, -0.25) is 9.59 Å². The number of nitrogen functional groups attached to an aromatic ring is 2. The lowest BCUT2D eigenvalue weighted by molar-refractivity contribution is 0.205. The third kappa shape index (κ3) is 12.6. The number of rotatable bonds is 14. The van der Waals surface area contributed by atoms with Crippen LogP contribution in [-0.4, -0.2) is 120 Å². The summed E-state index contributed by atoms with van der Waals surface area (Å²) in [6.45, 7) is 1.97. The molecule has 0 radical (unpaired) electrons. The second kappa shape index (κ2) is 23.0. The molecule has 2 aliphatic carbocycles. The van der Waals surface area contributed by atoms with Crippen LogP contribution in [0, 0.1) is 23.3 Å². The van der Waals surface area contributed by atoms with Crippen LogP contribution in [-0.2, 0) is 31.6 Å². The van der Waals surface area contributed by atoms with Gasteiger partial charge in [-0.15, -0.1) is 0 Å². The number of aromatic nitrogens is 6. The van der Waals surface area contributed by atoms with Crippen LogP contribution in [0.5, 0.6) is 11.5 Å². The zero-order chi connectivity index (χ0) is 53.7. The molecular weight excluding hydrogens is 1040 g/mol. The summed E-state index contributed by atoms with van der Waals surface area (Å²) in [5, 5.41) is 8.34. The minimum atomic E-state index is -3.65. The SMILES string of the molecule is Nc1ccc(CS(=O)(=O)N2CCN(c3cnn(-c4cc(F)cc(F)c4)c(=O)c3OC3CCCC3)CC2)cn1.Nc1ncccc1CS(=O)(=O)N1CCN(c2cnn(-c3cc(F)cc(F)c3)c(=O)c2OC2CCCC2)CC1. The summed E-state index contributed by atoms with van der Waals surface area (Å²) in [5.74, 6) is -3.21. The second-order valence-electron chi connectivity index (χ2n) is 18.9. The first-order chi connectivity index (χ1) is 36.4. The molecule has 4 aromatic heterocycles. The molecule has 0 bridgehead atoms. The number of hydrogen-bond donors (Lipinski definition) is 2. The van der Waals surface area contributed by atoms with Gasteiger partial charge in [0.2, 0.25) is 31.5 Å². The Morgan fingerprint density at radius 3 is 1.39 bits per heavy atom. The number of benzene rings is 2. The fourth-order valence-corrected chi connectivity index (χ4v) is 12.7. The molecule has 6 heterocycles. The second-order valence-corrected chi connectivity index (χ2v) is 22.8. The summed E-state index contributed by atoms with van der Waals surface area (Å²) in [6, 6.07) is 12.0. The molecule has 2 aliphatic heterocycles. The van der Waals surface area contributed by atoms with E-state index in [4.69, 9.17) is 20.9 Å². The van der Waals surface area contributed by atoms with E-state index in [1.807, 2.05) is 9.80 Å². The molecule has 2 saturated carbocycles. The summed E-state index contributed by atoms with van der Waals surface area (Å²) in [4.78, 5) is 38.6. The predicted octanol–water partition coefficient (Wildman–Crippen LogP) is 4.92. The van der Waals surface area contributed by atoms with Crippen molar-refractivity contribution in [3.05, 3.63) is 141 Å². The van der Waals surface area contributed by atoms with Crippen molar-refractivity contribution >= 4 is 43.1 Å². The first-order valence-corrected chi connectivity index (χ1v) is 28.0. The lowest BCUT2D eigenvalue weighted by Crippen LogP contribution is -2.49. The molecular formula is C50H56F4N12O8S2. The Morgan fingerprint density at radius 1 is 0.553 bits per heavy atom. The summed E-state index contributed by atoms with van der Waals surface area (Å²) in [6.07, 6.45) is 12.6. The molecule has 4 N–H and O–H groups in total. The molecule has 10 rings (SSSR count). The van der Waals surface area contributed by atoms with E-state index in [0.717, 1.165) is 97.1 Å². The number of nitrogens with two attached hydrogens (primary N) is 2. The van der Waals surface area contributed by atoms with Gasteiger partial charge in [-0.25, -0.2) is 44.4 Å². The molecule has 26 heteroatoms. The highest BCUT2D eigenvalue weighted by molar-refractivity contribution is 7.88. The van der Waals surface area contributed by atoms with Crippen LogP contribution in [0.25, 0.3) is 11.4 Å². The van der Waals surface area contributed by atoms with Crippen LogP contribution in [0.15, 0.2) is 95.0 Å². The number of nitrogens with zero attached hydrogens (tertiary/aromatic N) is 10. The van der Waals surface area contributed by atoms with Crippen LogP contribution >= 0.6 is 0 Å². The first-order valence-electron chi connectivity index (χ1n) is 24.8. The van der Waals surface area contributed by atoms with Gasteiger partial charge >= 0.3 is 11.1 Å². The predicted molar refractivity (Wildman–Crippen MR) is 275 cm³/mol. The summed E-state index contributed by atoms with van der Waals surface area (Å²) in [7, 11) is -7.25. The zero-order valence-electron chi connectivity index (χ0n) is 41.2. The maximum absolute atomic E-state index is 13.8. The molecule has 4 aliphatic rings. The third-order valence-electron chi connectivity index (χ3n) is 13.6. The molecule has 404 valence electrons. The van der Waals surface area contributed by atoms with Gasteiger partial charge < -0.3 is 30.7 Å². The fourth-order valence-electron chi connectivity index (χ4n) is 9.67.